The number of carbonyl (C=O) groups excluding carboxylic acids is 2. The Kier molecular flexibility index (Phi) is 10.9. The summed E-state index contributed by atoms with van der Waals surface area (Å²) in [5.41, 5.74) is 1.60. The van der Waals surface area contributed by atoms with Crippen LogP contribution in [-0.4, -0.2) is 46.9 Å². The summed E-state index contributed by atoms with van der Waals surface area (Å²) < 4.78 is 21.7. The van der Waals surface area contributed by atoms with Crippen LogP contribution in [0, 0.1) is 0 Å². The number of carbonyl (C=O) groups is 2. The van der Waals surface area contributed by atoms with Gasteiger partial charge >= 0.3 is 11.9 Å². The molecule has 0 aliphatic rings. The van der Waals surface area contributed by atoms with Gasteiger partial charge in [0.15, 0.2) is 0 Å². The Bertz CT molecular complexity index is 981. The SMILES string of the molecule is C/C=C/C(=O)OC(Oc1ccc(C(C)(C)c2ccc(OC(OC(=O)/C=C/C)C(C)O)cc2)cc1)C(C)O. The van der Waals surface area contributed by atoms with Gasteiger partial charge in [-0.2, -0.15) is 0 Å². The van der Waals surface area contributed by atoms with Crippen LogP contribution in [0.4, 0.5) is 0 Å². The quantitative estimate of drug-likeness (QED) is 0.244. The number of aliphatic hydroxyl groups is 2. The Morgan fingerprint density at radius 3 is 1.30 bits per heavy atom. The summed E-state index contributed by atoms with van der Waals surface area (Å²) in [6.45, 7) is 10.5. The summed E-state index contributed by atoms with van der Waals surface area (Å²) in [6.07, 6.45) is 1.27. The highest BCUT2D eigenvalue weighted by molar-refractivity contribution is 5.82. The largest absolute Gasteiger partial charge is 0.452 e. The van der Waals surface area contributed by atoms with E-state index in [1.165, 1.54) is 26.0 Å². The monoisotopic (exact) mass is 512 g/mol. The zero-order valence-electron chi connectivity index (χ0n) is 22.1. The van der Waals surface area contributed by atoms with Crippen LogP contribution < -0.4 is 9.47 Å². The Labute approximate surface area is 218 Å². The van der Waals surface area contributed by atoms with E-state index in [0.29, 0.717) is 11.5 Å². The number of benzene rings is 2. The molecule has 0 saturated carbocycles. The molecule has 4 unspecified atom stereocenters. The Morgan fingerprint density at radius 1 is 0.703 bits per heavy atom. The second-order valence-electron chi connectivity index (χ2n) is 9.00. The van der Waals surface area contributed by atoms with E-state index in [1.807, 2.05) is 24.3 Å². The molecule has 0 aliphatic heterocycles. The predicted octanol–water partition coefficient (Wildman–Crippen LogP) is 4.42. The van der Waals surface area contributed by atoms with E-state index < -0.39 is 36.7 Å². The molecule has 2 N–H and O–H groups in total. The first-order chi connectivity index (χ1) is 17.5. The van der Waals surface area contributed by atoms with Gasteiger partial charge in [-0.3, -0.25) is 0 Å². The lowest BCUT2D eigenvalue weighted by molar-refractivity contribution is -0.172. The molecule has 0 heterocycles. The molecule has 2 rings (SSSR count). The van der Waals surface area contributed by atoms with Crippen molar-refractivity contribution in [3.05, 3.63) is 84.0 Å². The van der Waals surface area contributed by atoms with Crippen molar-refractivity contribution in [1.82, 2.24) is 0 Å². The molecule has 2 aromatic rings. The van der Waals surface area contributed by atoms with Crippen molar-refractivity contribution in [2.24, 2.45) is 0 Å². The molecule has 200 valence electrons. The van der Waals surface area contributed by atoms with Crippen LogP contribution in [0.15, 0.2) is 72.8 Å². The van der Waals surface area contributed by atoms with Crippen LogP contribution in [0.5, 0.6) is 11.5 Å². The van der Waals surface area contributed by atoms with Gasteiger partial charge in [-0.1, -0.05) is 50.3 Å². The van der Waals surface area contributed by atoms with Crippen LogP contribution in [0.1, 0.15) is 52.7 Å². The van der Waals surface area contributed by atoms with E-state index in [4.69, 9.17) is 18.9 Å². The van der Waals surface area contributed by atoms with Gasteiger partial charge in [-0.25, -0.2) is 9.59 Å². The van der Waals surface area contributed by atoms with Crippen LogP contribution in [0.2, 0.25) is 0 Å². The molecule has 0 bridgehead atoms. The van der Waals surface area contributed by atoms with Gasteiger partial charge in [0.1, 0.15) is 23.7 Å². The Balaban J connectivity index is 2.12. The second-order valence-corrected chi connectivity index (χ2v) is 9.00. The van der Waals surface area contributed by atoms with Crippen LogP contribution in [0.25, 0.3) is 0 Å². The summed E-state index contributed by atoms with van der Waals surface area (Å²) in [5, 5.41) is 19.8. The third-order valence-electron chi connectivity index (χ3n) is 5.51. The fourth-order valence-electron chi connectivity index (χ4n) is 3.36. The zero-order valence-corrected chi connectivity index (χ0v) is 22.1. The van der Waals surface area contributed by atoms with Crippen LogP contribution in [0.3, 0.4) is 0 Å². The van der Waals surface area contributed by atoms with Gasteiger partial charge in [0, 0.05) is 17.6 Å². The average molecular weight is 513 g/mol. The first-order valence-corrected chi connectivity index (χ1v) is 12.0. The highest BCUT2D eigenvalue weighted by Crippen LogP contribution is 2.33. The molecular formula is C29H36O8. The van der Waals surface area contributed by atoms with E-state index >= 15 is 0 Å². The Hall–Kier alpha value is -3.62. The minimum absolute atomic E-state index is 0.388. The lowest BCUT2D eigenvalue weighted by atomic mass is 9.78. The summed E-state index contributed by atoms with van der Waals surface area (Å²) in [7, 11) is 0. The van der Waals surface area contributed by atoms with Crippen molar-refractivity contribution in [1.29, 1.82) is 0 Å². The van der Waals surface area contributed by atoms with E-state index in [2.05, 4.69) is 13.8 Å². The number of ether oxygens (including phenoxy) is 4. The topological polar surface area (TPSA) is 112 Å². The van der Waals surface area contributed by atoms with Gasteiger partial charge in [0.2, 0.25) is 0 Å². The summed E-state index contributed by atoms with van der Waals surface area (Å²) >= 11 is 0. The fraction of sp³-hybridized carbons (Fsp3) is 0.379. The predicted molar refractivity (Wildman–Crippen MR) is 139 cm³/mol. The number of allylic oxidation sites excluding steroid dienone is 2. The lowest BCUT2D eigenvalue weighted by Gasteiger charge is -2.27. The molecule has 4 atom stereocenters. The first kappa shape index (κ1) is 29.6. The summed E-state index contributed by atoms with van der Waals surface area (Å²) in [6, 6.07) is 14.6. The molecule has 0 spiro atoms. The highest BCUT2D eigenvalue weighted by atomic mass is 16.7. The van der Waals surface area contributed by atoms with Gasteiger partial charge < -0.3 is 29.2 Å². The third kappa shape index (κ3) is 8.77. The number of aliphatic hydroxyl groups excluding tert-OH is 2. The van der Waals surface area contributed by atoms with Gasteiger partial charge in [0.05, 0.1) is 0 Å². The number of hydrogen-bond acceptors (Lipinski definition) is 8. The summed E-state index contributed by atoms with van der Waals surface area (Å²) in [4.78, 5) is 23.5. The van der Waals surface area contributed by atoms with Crippen molar-refractivity contribution >= 4 is 11.9 Å². The van der Waals surface area contributed by atoms with Crippen LogP contribution in [-0.2, 0) is 24.5 Å². The molecule has 0 saturated heterocycles. The molecule has 37 heavy (non-hydrogen) atoms. The summed E-state index contributed by atoms with van der Waals surface area (Å²) in [5.74, 6) is -0.318. The zero-order chi connectivity index (χ0) is 27.6. The maximum absolute atomic E-state index is 11.7. The number of rotatable bonds is 12. The standard InChI is InChI=1S/C29H36O8/c1-7-9-25(32)36-27(19(3)30)34-23-15-11-21(12-16-23)29(5,6)22-13-17-24(18-14-22)35-28(20(4)31)37-26(33)10-8-2/h7-20,27-28,30-31H,1-6H3/b9-7+,10-8+. The third-order valence-corrected chi connectivity index (χ3v) is 5.51. The normalized spacial score (nSPS) is 15.1. The highest BCUT2D eigenvalue weighted by Gasteiger charge is 2.26. The molecule has 0 fully saturated rings. The van der Waals surface area contributed by atoms with E-state index in [-0.39, 0.29) is 5.41 Å². The first-order valence-electron chi connectivity index (χ1n) is 12.0. The number of hydrogen-bond donors (Lipinski definition) is 2. The van der Waals surface area contributed by atoms with Gasteiger partial charge in [-0.05, 0) is 63.1 Å². The molecule has 0 aliphatic carbocycles. The maximum atomic E-state index is 11.7. The molecule has 0 aromatic heterocycles. The van der Waals surface area contributed by atoms with E-state index in [9.17, 15) is 19.8 Å². The minimum atomic E-state index is -1.14. The van der Waals surface area contributed by atoms with Crippen molar-refractivity contribution < 1.29 is 38.7 Å². The Morgan fingerprint density at radius 2 is 1.03 bits per heavy atom. The van der Waals surface area contributed by atoms with Crippen molar-refractivity contribution in [2.75, 3.05) is 0 Å². The molecule has 2 aromatic carbocycles. The molecule has 8 nitrogen and oxygen atoms in total. The molecule has 8 heteroatoms. The van der Waals surface area contributed by atoms with Crippen molar-refractivity contribution in [3.8, 4) is 11.5 Å². The second kappa shape index (κ2) is 13.6. The minimum Gasteiger partial charge on any atom is -0.452 e. The maximum Gasteiger partial charge on any atom is 0.333 e. The van der Waals surface area contributed by atoms with Gasteiger partial charge in [-0.15, -0.1) is 0 Å². The van der Waals surface area contributed by atoms with Crippen molar-refractivity contribution in [2.45, 2.75) is 71.7 Å². The van der Waals surface area contributed by atoms with Crippen LogP contribution >= 0.6 is 0 Å². The van der Waals surface area contributed by atoms with Gasteiger partial charge in [0.25, 0.3) is 12.6 Å². The smallest absolute Gasteiger partial charge is 0.333 e. The van der Waals surface area contributed by atoms with Crippen molar-refractivity contribution in [3.63, 3.8) is 0 Å². The number of esters is 2. The lowest BCUT2D eigenvalue weighted by Crippen LogP contribution is -2.34. The fourth-order valence-corrected chi connectivity index (χ4v) is 3.36. The molecular weight excluding hydrogens is 476 g/mol. The van der Waals surface area contributed by atoms with E-state index in [0.717, 1.165) is 11.1 Å². The molecule has 0 amide bonds. The average Bonchev–Trinajstić information content (AvgIpc) is 2.84. The molecule has 0 radical (unpaired) electrons. The van der Waals surface area contributed by atoms with E-state index in [1.54, 1.807) is 50.3 Å².